The molecule has 2 aliphatic rings. The lowest BCUT2D eigenvalue weighted by molar-refractivity contribution is -0.119. The van der Waals surface area contributed by atoms with Crippen LogP contribution in [0.25, 0.3) is 0 Å². The van der Waals surface area contributed by atoms with Gasteiger partial charge in [-0.25, -0.2) is 8.42 Å². The largest absolute Gasteiger partial charge is 0.497 e. The zero-order chi connectivity index (χ0) is 23.8. The van der Waals surface area contributed by atoms with Crippen molar-refractivity contribution < 1.29 is 27.5 Å². The van der Waals surface area contributed by atoms with Crippen LogP contribution in [0.2, 0.25) is 0 Å². The summed E-state index contributed by atoms with van der Waals surface area (Å²) in [4.78, 5) is 27.0. The zero-order valence-corrected chi connectivity index (χ0v) is 19.8. The van der Waals surface area contributed by atoms with E-state index in [1.54, 1.807) is 35.2 Å². The molecule has 0 bridgehead atoms. The fourth-order valence-corrected chi connectivity index (χ4v) is 5.45. The molecular weight excluding hydrogens is 444 g/mol. The van der Waals surface area contributed by atoms with Crippen LogP contribution in [0.4, 0.5) is 11.4 Å². The molecule has 0 aromatic heterocycles. The van der Waals surface area contributed by atoms with Gasteiger partial charge in [0.15, 0.2) is 9.84 Å². The topological polar surface area (TPSA) is 102 Å². The summed E-state index contributed by atoms with van der Waals surface area (Å²) in [5, 5.41) is 1.78. The molecule has 1 N–H and O–H groups in total. The fraction of sp³-hybridized carbons (Fsp3) is 0.417. The van der Waals surface area contributed by atoms with E-state index in [0.29, 0.717) is 30.2 Å². The van der Waals surface area contributed by atoms with Crippen LogP contribution in [-0.4, -0.2) is 46.2 Å². The molecule has 1 fully saturated rings. The third kappa shape index (κ3) is 4.68. The summed E-state index contributed by atoms with van der Waals surface area (Å²) in [6, 6.07) is 9.87. The van der Waals surface area contributed by atoms with Crippen LogP contribution in [0, 0.1) is 5.92 Å². The molecule has 176 valence electrons. The first-order chi connectivity index (χ1) is 15.7. The van der Waals surface area contributed by atoms with Gasteiger partial charge < -0.3 is 19.7 Å². The average molecular weight is 473 g/mol. The van der Waals surface area contributed by atoms with Crippen molar-refractivity contribution in [3.05, 3.63) is 42.0 Å². The smallest absolute Gasteiger partial charge is 0.230 e. The van der Waals surface area contributed by atoms with E-state index in [0.717, 1.165) is 24.1 Å². The second-order valence-electron chi connectivity index (χ2n) is 8.48. The fourth-order valence-electron chi connectivity index (χ4n) is 4.05. The second-order valence-corrected chi connectivity index (χ2v) is 10.8. The lowest BCUT2D eigenvalue weighted by Gasteiger charge is -2.18. The quantitative estimate of drug-likeness (QED) is 0.633. The average Bonchev–Trinajstić information content (AvgIpc) is 3.57. The summed E-state index contributed by atoms with van der Waals surface area (Å²) in [6.45, 7) is 2.10. The summed E-state index contributed by atoms with van der Waals surface area (Å²) >= 11 is 0. The Labute approximate surface area is 193 Å². The molecule has 1 heterocycles. The van der Waals surface area contributed by atoms with Crippen molar-refractivity contribution in [2.75, 3.05) is 31.0 Å². The van der Waals surface area contributed by atoms with Crippen LogP contribution in [0.5, 0.6) is 11.5 Å². The van der Waals surface area contributed by atoms with Gasteiger partial charge >= 0.3 is 0 Å². The Morgan fingerprint density at radius 3 is 2.55 bits per heavy atom. The highest BCUT2D eigenvalue weighted by molar-refractivity contribution is 7.92. The molecule has 1 atom stereocenters. The number of hydrogen-bond donors (Lipinski definition) is 1. The highest BCUT2D eigenvalue weighted by Crippen LogP contribution is 2.37. The SMILES string of the molecule is COc1ccc(OC)c(NC(=O)CC(C)S(=O)(=O)c2ccc3c(c2)CCN3C(=O)C2CC2)c1. The number of fused-ring (bicyclic) bond motifs is 1. The maximum absolute atomic E-state index is 13.2. The Morgan fingerprint density at radius 1 is 1.12 bits per heavy atom. The molecule has 33 heavy (non-hydrogen) atoms. The minimum absolute atomic E-state index is 0.112. The number of rotatable bonds is 8. The van der Waals surface area contributed by atoms with Crippen LogP contribution in [0.3, 0.4) is 0 Å². The number of nitrogens with zero attached hydrogens (tertiary/aromatic N) is 1. The van der Waals surface area contributed by atoms with Crippen molar-refractivity contribution in [2.45, 2.75) is 42.8 Å². The summed E-state index contributed by atoms with van der Waals surface area (Å²) in [7, 11) is -0.741. The number of methoxy groups -OCH3 is 2. The number of anilines is 2. The number of ether oxygens (including phenoxy) is 2. The van der Waals surface area contributed by atoms with Crippen LogP contribution in [0.15, 0.2) is 41.3 Å². The standard InChI is InChI=1S/C24H28N2O6S/c1-15(12-23(27)25-20-14-18(31-2)6-9-22(20)32-3)33(29,30)19-7-8-21-17(13-19)10-11-26(21)24(28)16-4-5-16/h6-9,13-16H,4-5,10-12H2,1-3H3,(H,25,27). The molecule has 0 saturated heterocycles. The Balaban J connectivity index is 1.47. The molecule has 1 saturated carbocycles. The Bertz CT molecular complexity index is 1190. The number of sulfone groups is 1. The predicted molar refractivity (Wildman–Crippen MR) is 125 cm³/mol. The molecule has 1 unspecified atom stereocenters. The highest BCUT2D eigenvalue weighted by Gasteiger charge is 2.37. The van der Waals surface area contributed by atoms with Crippen molar-refractivity contribution in [1.82, 2.24) is 0 Å². The number of nitrogens with one attached hydrogen (secondary N) is 1. The van der Waals surface area contributed by atoms with Gasteiger partial charge in [-0.3, -0.25) is 9.59 Å². The highest BCUT2D eigenvalue weighted by atomic mass is 32.2. The van der Waals surface area contributed by atoms with Gasteiger partial charge in [-0.15, -0.1) is 0 Å². The van der Waals surface area contributed by atoms with E-state index in [1.165, 1.54) is 27.2 Å². The van der Waals surface area contributed by atoms with E-state index < -0.39 is 21.0 Å². The molecular formula is C24H28N2O6S. The van der Waals surface area contributed by atoms with E-state index in [1.807, 2.05) is 0 Å². The first-order valence-corrected chi connectivity index (χ1v) is 12.5. The maximum atomic E-state index is 13.2. The van der Waals surface area contributed by atoms with Gasteiger partial charge in [0.2, 0.25) is 11.8 Å². The third-order valence-corrected chi connectivity index (χ3v) is 8.29. The number of hydrogen-bond acceptors (Lipinski definition) is 6. The second kappa shape index (κ2) is 9.05. The molecule has 2 amide bonds. The molecule has 0 radical (unpaired) electrons. The predicted octanol–water partition coefficient (Wildman–Crippen LogP) is 3.19. The Kier molecular flexibility index (Phi) is 6.34. The third-order valence-electron chi connectivity index (χ3n) is 6.15. The first-order valence-electron chi connectivity index (χ1n) is 10.9. The van der Waals surface area contributed by atoms with Gasteiger partial charge in [0.05, 0.1) is 30.1 Å². The van der Waals surface area contributed by atoms with E-state index in [2.05, 4.69) is 5.32 Å². The van der Waals surface area contributed by atoms with Crippen molar-refractivity contribution in [3.8, 4) is 11.5 Å². The van der Waals surface area contributed by atoms with E-state index in [9.17, 15) is 18.0 Å². The Morgan fingerprint density at radius 2 is 1.88 bits per heavy atom. The van der Waals surface area contributed by atoms with Crippen molar-refractivity contribution in [2.24, 2.45) is 5.92 Å². The summed E-state index contributed by atoms with van der Waals surface area (Å²) in [5.74, 6) is 0.783. The molecule has 1 aliphatic heterocycles. The van der Waals surface area contributed by atoms with Crippen LogP contribution in [0.1, 0.15) is 31.7 Å². The van der Waals surface area contributed by atoms with Gasteiger partial charge in [-0.05, 0) is 62.1 Å². The van der Waals surface area contributed by atoms with Gasteiger partial charge in [0.1, 0.15) is 11.5 Å². The van der Waals surface area contributed by atoms with E-state index in [4.69, 9.17) is 9.47 Å². The minimum Gasteiger partial charge on any atom is -0.497 e. The zero-order valence-electron chi connectivity index (χ0n) is 19.0. The lowest BCUT2D eigenvalue weighted by Crippen LogP contribution is -2.30. The van der Waals surface area contributed by atoms with Crippen molar-refractivity contribution >= 4 is 33.0 Å². The molecule has 1 aliphatic carbocycles. The monoisotopic (exact) mass is 472 g/mol. The van der Waals surface area contributed by atoms with E-state index in [-0.39, 0.29) is 23.1 Å². The maximum Gasteiger partial charge on any atom is 0.230 e. The molecule has 8 nitrogen and oxygen atoms in total. The van der Waals surface area contributed by atoms with Gasteiger partial charge in [0, 0.05) is 30.6 Å². The summed E-state index contributed by atoms with van der Waals surface area (Å²) in [5.41, 5.74) is 2.05. The molecule has 4 rings (SSSR count). The van der Waals surface area contributed by atoms with Crippen LogP contribution >= 0.6 is 0 Å². The number of amides is 2. The molecule has 2 aromatic carbocycles. The molecule has 9 heteroatoms. The number of carbonyl (C=O) groups is 2. The molecule has 0 spiro atoms. The van der Waals surface area contributed by atoms with Crippen molar-refractivity contribution in [1.29, 1.82) is 0 Å². The van der Waals surface area contributed by atoms with Crippen LogP contribution < -0.4 is 19.7 Å². The number of carbonyl (C=O) groups excluding carboxylic acids is 2. The lowest BCUT2D eigenvalue weighted by atomic mass is 10.2. The van der Waals surface area contributed by atoms with Crippen molar-refractivity contribution in [3.63, 3.8) is 0 Å². The normalized spacial score (nSPS) is 16.2. The first kappa shape index (κ1) is 23.1. The van der Waals surface area contributed by atoms with Crippen LogP contribution in [-0.2, 0) is 25.8 Å². The molecule has 2 aromatic rings. The van der Waals surface area contributed by atoms with Gasteiger partial charge in [-0.2, -0.15) is 0 Å². The van der Waals surface area contributed by atoms with Gasteiger partial charge in [0.25, 0.3) is 0 Å². The Hall–Kier alpha value is -3.07. The summed E-state index contributed by atoms with van der Waals surface area (Å²) < 4.78 is 36.8. The number of benzene rings is 2. The van der Waals surface area contributed by atoms with E-state index >= 15 is 0 Å². The summed E-state index contributed by atoms with van der Waals surface area (Å²) in [6.07, 6.45) is 2.27. The minimum atomic E-state index is -3.74. The van der Waals surface area contributed by atoms with Gasteiger partial charge in [-0.1, -0.05) is 0 Å².